The van der Waals surface area contributed by atoms with E-state index in [0.29, 0.717) is 5.69 Å². The van der Waals surface area contributed by atoms with E-state index in [1.54, 1.807) is 0 Å². The Kier molecular flexibility index (Phi) is 3.72. The van der Waals surface area contributed by atoms with Gasteiger partial charge in [-0.05, 0) is 24.3 Å². The highest BCUT2D eigenvalue weighted by atomic mass is 16.5. The van der Waals surface area contributed by atoms with Crippen molar-refractivity contribution in [2.45, 2.75) is 6.92 Å². The van der Waals surface area contributed by atoms with Gasteiger partial charge in [0.25, 0.3) is 0 Å². The molecular weight excluding hydrogens is 232 g/mol. The van der Waals surface area contributed by atoms with Crippen LogP contribution in [-0.2, 0) is 9.47 Å². The number of nitrogens with one attached hydrogen (secondary N) is 2. The number of carbonyl (C=O) groups is 1. The van der Waals surface area contributed by atoms with Crippen LogP contribution in [0.5, 0.6) is 0 Å². The molecule has 5 heteroatoms. The highest BCUT2D eigenvalue weighted by molar-refractivity contribution is 5.84. The lowest BCUT2D eigenvalue weighted by Gasteiger charge is -2.38. The molecule has 0 unspecified atom stereocenters. The number of carbonyl (C=O) groups excluding carboxylic acids is 1. The number of rotatable bonds is 4. The molecule has 2 N–H and O–H groups in total. The van der Waals surface area contributed by atoms with Gasteiger partial charge in [-0.25, -0.2) is 4.79 Å². The fourth-order valence-electron chi connectivity index (χ4n) is 1.71. The SMILES string of the molecule is COC(=O)Nc1ccc(NCC2(C)COC2)cc1. The van der Waals surface area contributed by atoms with Gasteiger partial charge in [-0.3, -0.25) is 5.32 Å². The Morgan fingerprint density at radius 3 is 2.44 bits per heavy atom. The maximum absolute atomic E-state index is 11.0. The van der Waals surface area contributed by atoms with E-state index in [9.17, 15) is 4.79 Å². The molecule has 1 fully saturated rings. The molecule has 0 bridgehead atoms. The molecule has 0 aliphatic carbocycles. The van der Waals surface area contributed by atoms with E-state index >= 15 is 0 Å². The molecule has 0 radical (unpaired) electrons. The number of methoxy groups -OCH3 is 1. The molecule has 1 amide bonds. The lowest BCUT2D eigenvalue weighted by atomic mass is 9.89. The van der Waals surface area contributed by atoms with Gasteiger partial charge in [0, 0.05) is 23.3 Å². The Morgan fingerprint density at radius 2 is 1.94 bits per heavy atom. The minimum absolute atomic E-state index is 0.239. The van der Waals surface area contributed by atoms with E-state index in [2.05, 4.69) is 22.3 Å². The van der Waals surface area contributed by atoms with Gasteiger partial charge in [0.1, 0.15) is 0 Å². The van der Waals surface area contributed by atoms with Crippen molar-refractivity contribution in [1.29, 1.82) is 0 Å². The molecule has 1 heterocycles. The van der Waals surface area contributed by atoms with Crippen LogP contribution in [-0.4, -0.2) is 33.0 Å². The van der Waals surface area contributed by atoms with Crippen molar-refractivity contribution in [3.05, 3.63) is 24.3 Å². The molecule has 0 saturated carbocycles. The molecule has 0 aromatic heterocycles. The lowest BCUT2D eigenvalue weighted by Crippen LogP contribution is -2.45. The van der Waals surface area contributed by atoms with Gasteiger partial charge in [0.05, 0.1) is 20.3 Å². The number of hydrogen-bond acceptors (Lipinski definition) is 4. The molecule has 1 aromatic carbocycles. The average Bonchev–Trinajstić information content (AvgIpc) is 2.35. The second kappa shape index (κ2) is 5.27. The van der Waals surface area contributed by atoms with Crippen LogP contribution in [0.1, 0.15) is 6.92 Å². The van der Waals surface area contributed by atoms with Crippen LogP contribution in [0.25, 0.3) is 0 Å². The van der Waals surface area contributed by atoms with Gasteiger partial charge in [-0.1, -0.05) is 6.92 Å². The van der Waals surface area contributed by atoms with Gasteiger partial charge in [0.2, 0.25) is 0 Å². The Hall–Kier alpha value is -1.75. The Balaban J connectivity index is 1.85. The zero-order valence-electron chi connectivity index (χ0n) is 10.7. The fourth-order valence-corrected chi connectivity index (χ4v) is 1.71. The van der Waals surface area contributed by atoms with Gasteiger partial charge in [-0.15, -0.1) is 0 Å². The standard InChI is InChI=1S/C13H18N2O3/c1-13(8-18-9-13)7-14-10-3-5-11(6-4-10)15-12(16)17-2/h3-6,14H,7-9H2,1-2H3,(H,15,16). The summed E-state index contributed by atoms with van der Waals surface area (Å²) in [5, 5.41) is 5.96. The molecule has 2 rings (SSSR count). The number of ether oxygens (including phenoxy) is 2. The molecule has 1 aromatic rings. The first-order valence-corrected chi connectivity index (χ1v) is 5.88. The second-order valence-corrected chi connectivity index (χ2v) is 4.85. The molecule has 0 spiro atoms. The van der Waals surface area contributed by atoms with Gasteiger partial charge < -0.3 is 14.8 Å². The summed E-state index contributed by atoms with van der Waals surface area (Å²) in [5.41, 5.74) is 1.98. The summed E-state index contributed by atoms with van der Waals surface area (Å²) in [5.74, 6) is 0. The van der Waals surface area contributed by atoms with E-state index in [4.69, 9.17) is 4.74 Å². The van der Waals surface area contributed by atoms with Crippen LogP contribution < -0.4 is 10.6 Å². The van der Waals surface area contributed by atoms with E-state index in [-0.39, 0.29) is 5.41 Å². The Morgan fingerprint density at radius 1 is 1.33 bits per heavy atom. The quantitative estimate of drug-likeness (QED) is 0.861. The average molecular weight is 250 g/mol. The molecule has 1 aliphatic heterocycles. The van der Waals surface area contributed by atoms with E-state index in [0.717, 1.165) is 25.4 Å². The van der Waals surface area contributed by atoms with Crippen molar-refractivity contribution < 1.29 is 14.3 Å². The van der Waals surface area contributed by atoms with Crippen LogP contribution in [0, 0.1) is 5.41 Å². The second-order valence-electron chi connectivity index (χ2n) is 4.85. The number of hydrogen-bond donors (Lipinski definition) is 2. The maximum atomic E-state index is 11.0. The van der Waals surface area contributed by atoms with Crippen molar-refractivity contribution in [2.75, 3.05) is 37.5 Å². The van der Waals surface area contributed by atoms with E-state index in [1.807, 2.05) is 24.3 Å². The number of amides is 1. The van der Waals surface area contributed by atoms with Gasteiger partial charge in [-0.2, -0.15) is 0 Å². The lowest BCUT2D eigenvalue weighted by molar-refractivity contribution is -0.0924. The predicted molar refractivity (Wildman–Crippen MR) is 69.9 cm³/mol. The molecule has 98 valence electrons. The zero-order valence-corrected chi connectivity index (χ0v) is 10.7. The molecule has 1 saturated heterocycles. The highest BCUT2D eigenvalue weighted by Gasteiger charge is 2.32. The third-order valence-electron chi connectivity index (χ3n) is 2.94. The molecule has 18 heavy (non-hydrogen) atoms. The molecule has 1 aliphatic rings. The summed E-state index contributed by atoms with van der Waals surface area (Å²) in [4.78, 5) is 11.0. The van der Waals surface area contributed by atoms with Gasteiger partial charge in [0.15, 0.2) is 0 Å². The van der Waals surface area contributed by atoms with Gasteiger partial charge >= 0.3 is 6.09 Å². The molecular formula is C13H18N2O3. The maximum Gasteiger partial charge on any atom is 0.411 e. The minimum atomic E-state index is -0.463. The van der Waals surface area contributed by atoms with Crippen LogP contribution >= 0.6 is 0 Å². The van der Waals surface area contributed by atoms with E-state index < -0.39 is 6.09 Å². The van der Waals surface area contributed by atoms with Crippen LogP contribution in [0.2, 0.25) is 0 Å². The van der Waals surface area contributed by atoms with Crippen molar-refractivity contribution >= 4 is 17.5 Å². The minimum Gasteiger partial charge on any atom is -0.453 e. The summed E-state index contributed by atoms with van der Waals surface area (Å²) in [6, 6.07) is 7.51. The fraction of sp³-hybridized carbons (Fsp3) is 0.462. The number of anilines is 2. The number of benzene rings is 1. The predicted octanol–water partition coefficient (Wildman–Crippen LogP) is 2.31. The molecule has 5 nitrogen and oxygen atoms in total. The first-order chi connectivity index (χ1) is 8.61. The Bertz CT molecular complexity index is 413. The highest BCUT2D eigenvalue weighted by Crippen LogP contribution is 2.27. The topological polar surface area (TPSA) is 59.6 Å². The zero-order chi connectivity index (χ0) is 13.0. The monoisotopic (exact) mass is 250 g/mol. The van der Waals surface area contributed by atoms with Crippen LogP contribution in [0.4, 0.5) is 16.2 Å². The third kappa shape index (κ3) is 3.13. The first-order valence-electron chi connectivity index (χ1n) is 5.88. The summed E-state index contributed by atoms with van der Waals surface area (Å²) in [6.07, 6.45) is -0.463. The Labute approximate surface area is 106 Å². The largest absolute Gasteiger partial charge is 0.453 e. The molecule has 0 atom stereocenters. The van der Waals surface area contributed by atoms with Crippen LogP contribution in [0.3, 0.4) is 0 Å². The third-order valence-corrected chi connectivity index (χ3v) is 2.94. The van der Waals surface area contributed by atoms with E-state index in [1.165, 1.54) is 7.11 Å². The summed E-state index contributed by atoms with van der Waals surface area (Å²) in [6.45, 7) is 4.69. The van der Waals surface area contributed by atoms with Crippen molar-refractivity contribution in [2.24, 2.45) is 5.41 Å². The normalized spacial score (nSPS) is 16.6. The van der Waals surface area contributed by atoms with Crippen molar-refractivity contribution in [3.63, 3.8) is 0 Å². The van der Waals surface area contributed by atoms with Crippen molar-refractivity contribution in [3.8, 4) is 0 Å². The summed E-state index contributed by atoms with van der Waals surface area (Å²) >= 11 is 0. The summed E-state index contributed by atoms with van der Waals surface area (Å²) in [7, 11) is 1.34. The first kappa shape index (κ1) is 12.7. The smallest absolute Gasteiger partial charge is 0.411 e. The van der Waals surface area contributed by atoms with Crippen molar-refractivity contribution in [1.82, 2.24) is 0 Å². The summed E-state index contributed by atoms with van der Waals surface area (Å²) < 4.78 is 9.72. The van der Waals surface area contributed by atoms with Crippen LogP contribution in [0.15, 0.2) is 24.3 Å².